The number of hydrogen-bond acceptors (Lipinski definition) is 4. The first kappa shape index (κ1) is 14.7. The molecule has 5 heteroatoms. The summed E-state index contributed by atoms with van der Waals surface area (Å²) in [5.74, 6) is 5.34. The van der Waals surface area contributed by atoms with Crippen molar-refractivity contribution >= 4 is 5.91 Å². The van der Waals surface area contributed by atoms with Crippen LogP contribution in [-0.4, -0.2) is 35.4 Å². The van der Waals surface area contributed by atoms with E-state index >= 15 is 0 Å². The summed E-state index contributed by atoms with van der Waals surface area (Å²) in [7, 11) is 0. The minimum absolute atomic E-state index is 0.209. The molecule has 0 aromatic carbocycles. The van der Waals surface area contributed by atoms with Crippen LogP contribution in [0.25, 0.3) is 0 Å². The van der Waals surface area contributed by atoms with Crippen molar-refractivity contribution in [2.24, 2.45) is 5.73 Å². The Morgan fingerprint density at radius 3 is 3.00 bits per heavy atom. The predicted octanol–water partition coefficient (Wildman–Crippen LogP) is 0.768. The summed E-state index contributed by atoms with van der Waals surface area (Å²) in [4.78, 5) is 18.0. The van der Waals surface area contributed by atoms with Crippen molar-refractivity contribution in [2.75, 3.05) is 19.6 Å². The topological polar surface area (TPSA) is 83.0 Å². The molecule has 1 rings (SSSR count). The Morgan fingerprint density at radius 2 is 2.37 bits per heavy atom. The Labute approximate surface area is 113 Å². The number of aromatic nitrogens is 1. The van der Waals surface area contributed by atoms with Crippen LogP contribution in [0.15, 0.2) is 18.3 Å². The zero-order valence-corrected chi connectivity index (χ0v) is 10.9. The van der Waals surface area contributed by atoms with Crippen molar-refractivity contribution in [3.8, 4) is 17.9 Å². The number of hydrogen-bond donors (Lipinski definition) is 1. The van der Waals surface area contributed by atoms with Crippen molar-refractivity contribution in [1.82, 2.24) is 9.88 Å². The van der Waals surface area contributed by atoms with Gasteiger partial charge in [-0.25, -0.2) is 4.98 Å². The van der Waals surface area contributed by atoms with Crippen LogP contribution in [0, 0.1) is 23.2 Å². The second kappa shape index (κ2) is 7.86. The molecular formula is C14H16N4O. The molecule has 0 atom stereocenters. The monoisotopic (exact) mass is 256 g/mol. The van der Waals surface area contributed by atoms with Crippen molar-refractivity contribution < 1.29 is 4.79 Å². The molecule has 0 saturated heterocycles. The molecule has 0 bridgehead atoms. The van der Waals surface area contributed by atoms with Gasteiger partial charge in [0.2, 0.25) is 0 Å². The summed E-state index contributed by atoms with van der Waals surface area (Å²) in [5, 5.41) is 8.59. The van der Waals surface area contributed by atoms with E-state index in [2.05, 4.69) is 16.8 Å². The van der Waals surface area contributed by atoms with Gasteiger partial charge in [0.25, 0.3) is 5.91 Å². The molecule has 5 nitrogen and oxygen atoms in total. The van der Waals surface area contributed by atoms with Crippen LogP contribution in [0.3, 0.4) is 0 Å². The molecule has 0 aliphatic carbocycles. The molecule has 0 aliphatic heterocycles. The lowest BCUT2D eigenvalue weighted by atomic mass is 10.1. The van der Waals surface area contributed by atoms with Crippen molar-refractivity contribution in [2.45, 2.75) is 13.3 Å². The summed E-state index contributed by atoms with van der Waals surface area (Å²) < 4.78 is 0. The lowest BCUT2D eigenvalue weighted by Crippen LogP contribution is -2.32. The van der Waals surface area contributed by atoms with Crippen LogP contribution >= 0.6 is 0 Å². The van der Waals surface area contributed by atoms with Gasteiger partial charge >= 0.3 is 0 Å². The second-order valence-electron chi connectivity index (χ2n) is 3.70. The molecule has 0 spiro atoms. The molecule has 1 aromatic heterocycles. The average Bonchev–Trinajstić information content (AvgIpc) is 2.46. The van der Waals surface area contributed by atoms with E-state index in [-0.39, 0.29) is 12.5 Å². The van der Waals surface area contributed by atoms with E-state index in [9.17, 15) is 4.79 Å². The number of nitrogens with two attached hydrogens (primary N) is 1. The highest BCUT2D eigenvalue weighted by Gasteiger charge is 2.17. The number of rotatable bonds is 4. The van der Waals surface area contributed by atoms with Crippen molar-refractivity contribution in [3.05, 3.63) is 29.6 Å². The number of nitrogens with zero attached hydrogens (tertiary/aromatic N) is 3. The van der Waals surface area contributed by atoms with Crippen LogP contribution in [0.2, 0.25) is 0 Å². The van der Waals surface area contributed by atoms with E-state index in [0.29, 0.717) is 30.8 Å². The fourth-order valence-electron chi connectivity index (χ4n) is 1.56. The van der Waals surface area contributed by atoms with Gasteiger partial charge in [0.1, 0.15) is 5.69 Å². The molecule has 0 radical (unpaired) electrons. The molecular weight excluding hydrogens is 240 g/mol. The van der Waals surface area contributed by atoms with E-state index in [0.717, 1.165) is 0 Å². The van der Waals surface area contributed by atoms with Gasteiger partial charge in [-0.15, -0.1) is 0 Å². The van der Waals surface area contributed by atoms with Crippen LogP contribution in [0.4, 0.5) is 0 Å². The summed E-state index contributed by atoms with van der Waals surface area (Å²) in [5.41, 5.74) is 6.20. The maximum atomic E-state index is 12.3. The quantitative estimate of drug-likeness (QED) is 0.806. The van der Waals surface area contributed by atoms with Gasteiger partial charge in [-0.3, -0.25) is 4.79 Å². The average molecular weight is 256 g/mol. The molecule has 1 amide bonds. The largest absolute Gasteiger partial charge is 0.337 e. The molecule has 19 heavy (non-hydrogen) atoms. The summed E-state index contributed by atoms with van der Waals surface area (Å²) >= 11 is 0. The third kappa shape index (κ3) is 4.09. The van der Waals surface area contributed by atoms with E-state index in [4.69, 9.17) is 11.0 Å². The lowest BCUT2D eigenvalue weighted by Gasteiger charge is -2.19. The molecule has 0 fully saturated rings. The fraction of sp³-hybridized carbons (Fsp3) is 0.357. The van der Waals surface area contributed by atoms with E-state index in [1.54, 1.807) is 23.2 Å². The van der Waals surface area contributed by atoms with Gasteiger partial charge in [0.05, 0.1) is 24.6 Å². The highest BCUT2D eigenvalue weighted by molar-refractivity contribution is 5.94. The Balaban J connectivity index is 3.01. The molecule has 1 heterocycles. The molecule has 0 saturated carbocycles. The predicted molar refractivity (Wildman–Crippen MR) is 72.0 cm³/mol. The van der Waals surface area contributed by atoms with Gasteiger partial charge < -0.3 is 10.6 Å². The third-order valence-electron chi connectivity index (χ3n) is 2.50. The Bertz CT molecular complexity index is 536. The molecule has 0 aliphatic rings. The van der Waals surface area contributed by atoms with E-state index in [1.165, 1.54) is 0 Å². The van der Waals surface area contributed by atoms with Crippen molar-refractivity contribution in [1.29, 1.82) is 5.26 Å². The molecule has 0 unspecified atom stereocenters. The van der Waals surface area contributed by atoms with Crippen LogP contribution in [0.1, 0.15) is 29.4 Å². The first-order valence-electron chi connectivity index (χ1n) is 6.04. The zero-order valence-electron chi connectivity index (χ0n) is 10.9. The number of amides is 1. The Morgan fingerprint density at radius 1 is 1.58 bits per heavy atom. The summed E-state index contributed by atoms with van der Waals surface area (Å²) in [6, 6.07) is 5.49. The first-order chi connectivity index (χ1) is 9.24. The Kier molecular flexibility index (Phi) is 6.08. The third-order valence-corrected chi connectivity index (χ3v) is 2.50. The Hall–Kier alpha value is -2.37. The van der Waals surface area contributed by atoms with Gasteiger partial charge in [0.15, 0.2) is 0 Å². The number of carbonyl (C=O) groups is 1. The number of pyridine rings is 1. The van der Waals surface area contributed by atoms with Crippen molar-refractivity contribution in [3.63, 3.8) is 0 Å². The highest BCUT2D eigenvalue weighted by atomic mass is 16.2. The minimum Gasteiger partial charge on any atom is -0.337 e. The standard InChI is InChI=1S/C14H16N4O/c1-2-18(11-5-9-16)14(19)13-12(6-3-8-15)7-4-10-17-13/h4,7,10H,2,5,8,11,15H2,1H3. The zero-order chi connectivity index (χ0) is 14.1. The van der Waals surface area contributed by atoms with E-state index < -0.39 is 0 Å². The minimum atomic E-state index is -0.209. The molecule has 2 N–H and O–H groups in total. The molecule has 98 valence electrons. The fourth-order valence-corrected chi connectivity index (χ4v) is 1.56. The van der Waals surface area contributed by atoms with Crippen LogP contribution in [0.5, 0.6) is 0 Å². The normalized spacial score (nSPS) is 9.11. The van der Waals surface area contributed by atoms with Gasteiger partial charge in [0, 0.05) is 19.3 Å². The number of carbonyl (C=O) groups excluding carboxylic acids is 1. The number of nitriles is 1. The highest BCUT2D eigenvalue weighted by Crippen LogP contribution is 2.08. The summed E-state index contributed by atoms with van der Waals surface area (Å²) in [6.07, 6.45) is 1.86. The summed E-state index contributed by atoms with van der Waals surface area (Å²) in [6.45, 7) is 3.02. The first-order valence-corrected chi connectivity index (χ1v) is 6.04. The van der Waals surface area contributed by atoms with E-state index in [1.807, 2.05) is 13.0 Å². The van der Waals surface area contributed by atoms with Gasteiger partial charge in [-0.1, -0.05) is 11.8 Å². The molecule has 1 aromatic rings. The van der Waals surface area contributed by atoms with Gasteiger partial charge in [-0.2, -0.15) is 5.26 Å². The van der Waals surface area contributed by atoms with Gasteiger partial charge in [-0.05, 0) is 19.1 Å². The van der Waals surface area contributed by atoms with Crippen LogP contribution < -0.4 is 5.73 Å². The maximum absolute atomic E-state index is 12.3. The smallest absolute Gasteiger partial charge is 0.273 e. The van der Waals surface area contributed by atoms with Crippen LogP contribution in [-0.2, 0) is 0 Å². The second-order valence-corrected chi connectivity index (χ2v) is 3.70. The SMILES string of the molecule is CCN(CCC#N)C(=O)c1ncccc1C#CCN. The maximum Gasteiger partial charge on any atom is 0.273 e. The lowest BCUT2D eigenvalue weighted by molar-refractivity contribution is 0.0761.